The first-order valence-corrected chi connectivity index (χ1v) is 12.5. The monoisotopic (exact) mass is 579 g/mol. The topological polar surface area (TPSA) is 105 Å². The zero-order chi connectivity index (χ0) is 26.8. The summed E-state index contributed by atoms with van der Waals surface area (Å²) in [4.78, 5) is 26.6. The summed E-state index contributed by atoms with van der Waals surface area (Å²) in [6.07, 6.45) is 0.797. The van der Waals surface area contributed by atoms with Crippen molar-refractivity contribution in [2.75, 3.05) is 25.6 Å². The standard InChI is InChI=1S/C26H28BrF2N3O5/c1-32(24(34)13-10-18-5-4-7-21(28)25(18)29)20(6-2-3-14-33)16-36-26(35)30-23-15-22(31-37-23)17-8-11-19(27)12-9-17/h4-5,7-9,11-12,15,20,33H,2-3,6,10,13-14,16H2,1H3,(H,30,35)/t20-/m0/s1. The number of nitrogens with one attached hydrogen (secondary N) is 1. The van der Waals surface area contributed by atoms with E-state index in [4.69, 9.17) is 14.4 Å². The lowest BCUT2D eigenvalue weighted by atomic mass is 10.1. The van der Waals surface area contributed by atoms with Crippen molar-refractivity contribution in [3.63, 3.8) is 0 Å². The summed E-state index contributed by atoms with van der Waals surface area (Å²) in [5.74, 6) is -2.14. The number of benzene rings is 2. The van der Waals surface area contributed by atoms with Crippen LogP contribution in [-0.4, -0.2) is 53.5 Å². The smallest absolute Gasteiger partial charge is 0.414 e. The van der Waals surface area contributed by atoms with Crippen molar-refractivity contribution in [1.29, 1.82) is 0 Å². The van der Waals surface area contributed by atoms with Crippen LogP contribution < -0.4 is 5.32 Å². The van der Waals surface area contributed by atoms with E-state index in [1.165, 1.54) is 17.0 Å². The number of hydrogen-bond donors (Lipinski definition) is 2. The molecule has 1 aromatic heterocycles. The molecule has 11 heteroatoms. The van der Waals surface area contributed by atoms with E-state index < -0.39 is 23.8 Å². The van der Waals surface area contributed by atoms with Crippen LogP contribution in [0.3, 0.4) is 0 Å². The fourth-order valence-electron chi connectivity index (χ4n) is 3.64. The number of aliphatic hydroxyl groups is 1. The van der Waals surface area contributed by atoms with E-state index in [2.05, 4.69) is 26.4 Å². The fraction of sp³-hybridized carbons (Fsp3) is 0.346. The van der Waals surface area contributed by atoms with Crippen LogP contribution in [-0.2, 0) is 16.0 Å². The number of aliphatic hydroxyl groups excluding tert-OH is 1. The molecule has 1 heterocycles. The predicted molar refractivity (Wildman–Crippen MR) is 137 cm³/mol. The third kappa shape index (κ3) is 8.36. The Morgan fingerprint density at radius 1 is 1.19 bits per heavy atom. The average molecular weight is 580 g/mol. The van der Waals surface area contributed by atoms with Gasteiger partial charge in [-0.05, 0) is 49.4 Å². The number of halogens is 3. The first-order valence-electron chi connectivity index (χ1n) is 11.7. The fourth-order valence-corrected chi connectivity index (χ4v) is 3.91. The Morgan fingerprint density at radius 2 is 1.95 bits per heavy atom. The second-order valence-corrected chi connectivity index (χ2v) is 9.31. The van der Waals surface area contributed by atoms with Gasteiger partial charge in [-0.25, -0.2) is 13.6 Å². The Hall–Kier alpha value is -3.31. The predicted octanol–water partition coefficient (Wildman–Crippen LogP) is 5.55. The highest BCUT2D eigenvalue weighted by atomic mass is 79.9. The molecule has 2 N–H and O–H groups in total. The first-order chi connectivity index (χ1) is 17.8. The third-order valence-corrected chi connectivity index (χ3v) is 6.34. The number of nitrogens with zero attached hydrogens (tertiary/aromatic N) is 2. The molecule has 37 heavy (non-hydrogen) atoms. The highest BCUT2D eigenvalue weighted by Gasteiger charge is 2.22. The maximum atomic E-state index is 13.9. The van der Waals surface area contributed by atoms with Crippen LogP contribution in [0.15, 0.2) is 57.5 Å². The van der Waals surface area contributed by atoms with Gasteiger partial charge in [-0.15, -0.1) is 0 Å². The number of anilines is 1. The summed E-state index contributed by atoms with van der Waals surface area (Å²) in [6, 6.07) is 12.3. The van der Waals surface area contributed by atoms with E-state index in [0.717, 1.165) is 16.1 Å². The van der Waals surface area contributed by atoms with Crippen LogP contribution >= 0.6 is 15.9 Å². The number of ether oxygens (including phenoxy) is 1. The number of carbonyl (C=O) groups excluding carboxylic acids is 2. The Bertz CT molecular complexity index is 1190. The molecule has 0 fully saturated rings. The van der Waals surface area contributed by atoms with Crippen molar-refractivity contribution >= 4 is 33.8 Å². The van der Waals surface area contributed by atoms with Crippen molar-refractivity contribution in [2.45, 2.75) is 38.1 Å². The molecule has 0 aliphatic rings. The molecule has 0 saturated carbocycles. The summed E-state index contributed by atoms with van der Waals surface area (Å²) >= 11 is 3.37. The van der Waals surface area contributed by atoms with Crippen LogP contribution in [0.5, 0.6) is 0 Å². The number of rotatable bonds is 12. The molecular formula is C26H28BrF2N3O5. The minimum atomic E-state index is -0.965. The molecule has 0 unspecified atom stereocenters. The molecule has 0 radical (unpaired) electrons. The van der Waals surface area contributed by atoms with E-state index in [0.29, 0.717) is 25.0 Å². The van der Waals surface area contributed by atoms with Gasteiger partial charge in [0.05, 0.1) is 6.04 Å². The summed E-state index contributed by atoms with van der Waals surface area (Å²) in [6.45, 7) is -0.113. The van der Waals surface area contributed by atoms with Gasteiger partial charge in [0.25, 0.3) is 0 Å². The van der Waals surface area contributed by atoms with Crippen molar-refractivity contribution in [2.24, 2.45) is 0 Å². The number of carbonyl (C=O) groups is 2. The maximum absolute atomic E-state index is 13.9. The Balaban J connectivity index is 1.55. The Kier molecular flexibility index (Phi) is 10.6. The average Bonchev–Trinajstić information content (AvgIpc) is 3.35. The van der Waals surface area contributed by atoms with Crippen LogP contribution in [0.4, 0.5) is 19.5 Å². The third-order valence-electron chi connectivity index (χ3n) is 5.81. The van der Waals surface area contributed by atoms with Gasteiger partial charge in [-0.1, -0.05) is 45.4 Å². The summed E-state index contributed by atoms with van der Waals surface area (Å²) in [5.41, 5.74) is 1.45. The Labute approximate surface area is 221 Å². The molecule has 0 aliphatic carbocycles. The van der Waals surface area contributed by atoms with Gasteiger partial charge in [-0.2, -0.15) is 0 Å². The molecule has 0 aliphatic heterocycles. The van der Waals surface area contributed by atoms with Gasteiger partial charge in [0.2, 0.25) is 11.8 Å². The molecule has 1 atom stereocenters. The highest BCUT2D eigenvalue weighted by molar-refractivity contribution is 9.10. The largest absolute Gasteiger partial charge is 0.447 e. The van der Waals surface area contributed by atoms with Gasteiger partial charge in [0.1, 0.15) is 12.3 Å². The zero-order valence-electron chi connectivity index (χ0n) is 20.3. The minimum Gasteiger partial charge on any atom is -0.447 e. The molecule has 0 saturated heterocycles. The van der Waals surface area contributed by atoms with Gasteiger partial charge in [-0.3, -0.25) is 10.1 Å². The van der Waals surface area contributed by atoms with Crippen LogP contribution in [0.2, 0.25) is 0 Å². The first kappa shape index (κ1) is 28.3. The molecule has 3 rings (SSSR count). The molecule has 8 nitrogen and oxygen atoms in total. The molecular weight excluding hydrogens is 552 g/mol. The van der Waals surface area contributed by atoms with Crippen molar-refractivity contribution in [1.82, 2.24) is 10.1 Å². The number of amides is 2. The molecule has 0 bridgehead atoms. The highest BCUT2D eigenvalue weighted by Crippen LogP contribution is 2.23. The summed E-state index contributed by atoms with van der Waals surface area (Å²) in [5, 5.41) is 15.5. The number of likely N-dealkylation sites (N-methyl/N-ethyl adjacent to an activating group) is 1. The molecule has 198 valence electrons. The van der Waals surface area contributed by atoms with Crippen LogP contribution in [0.1, 0.15) is 31.2 Å². The SMILES string of the molecule is CN(C(=O)CCc1cccc(F)c1F)[C@@H](CCCCO)COC(=O)Nc1cc(-c2ccc(Br)cc2)no1. The number of hydrogen-bond acceptors (Lipinski definition) is 6. The second-order valence-electron chi connectivity index (χ2n) is 8.40. The van der Waals surface area contributed by atoms with Gasteiger partial charge in [0.15, 0.2) is 11.6 Å². The lowest BCUT2D eigenvalue weighted by Crippen LogP contribution is -2.41. The van der Waals surface area contributed by atoms with Gasteiger partial charge >= 0.3 is 6.09 Å². The van der Waals surface area contributed by atoms with Crippen molar-refractivity contribution < 1.29 is 32.7 Å². The van der Waals surface area contributed by atoms with Crippen LogP contribution in [0, 0.1) is 11.6 Å². The summed E-state index contributed by atoms with van der Waals surface area (Å²) in [7, 11) is 1.57. The maximum Gasteiger partial charge on any atom is 0.414 e. The lowest BCUT2D eigenvalue weighted by Gasteiger charge is -2.28. The van der Waals surface area contributed by atoms with E-state index in [1.54, 1.807) is 13.1 Å². The van der Waals surface area contributed by atoms with E-state index in [9.17, 15) is 18.4 Å². The van der Waals surface area contributed by atoms with E-state index in [1.807, 2.05) is 24.3 Å². The van der Waals surface area contributed by atoms with Crippen LogP contribution in [0.25, 0.3) is 11.3 Å². The lowest BCUT2D eigenvalue weighted by molar-refractivity contribution is -0.133. The molecule has 3 aromatic rings. The quantitative estimate of drug-likeness (QED) is 0.272. The Morgan fingerprint density at radius 3 is 2.68 bits per heavy atom. The minimum absolute atomic E-state index is 0.00321. The number of aromatic nitrogens is 1. The number of unbranched alkanes of at least 4 members (excludes halogenated alkanes) is 1. The van der Waals surface area contributed by atoms with Crippen molar-refractivity contribution in [3.05, 3.63) is 70.2 Å². The normalized spacial score (nSPS) is 11.7. The zero-order valence-corrected chi connectivity index (χ0v) is 21.8. The van der Waals surface area contributed by atoms with E-state index >= 15 is 0 Å². The van der Waals surface area contributed by atoms with Gasteiger partial charge < -0.3 is 19.3 Å². The molecule has 2 amide bonds. The molecule has 2 aromatic carbocycles. The second kappa shape index (κ2) is 13.8. The van der Waals surface area contributed by atoms with Crippen molar-refractivity contribution in [3.8, 4) is 11.3 Å². The summed E-state index contributed by atoms with van der Waals surface area (Å²) < 4.78 is 38.8. The number of aryl methyl sites for hydroxylation is 1. The molecule has 0 spiro atoms. The van der Waals surface area contributed by atoms with Gasteiger partial charge in [0, 0.05) is 36.2 Å². The van der Waals surface area contributed by atoms with E-state index in [-0.39, 0.29) is 43.4 Å².